The second-order valence-electron chi connectivity index (χ2n) is 6.71. The number of hydrogen-bond acceptors (Lipinski definition) is 10. The average Bonchev–Trinajstić information content (AvgIpc) is 3.47. The maximum absolute atomic E-state index is 13.0. The number of nitrogens with zero attached hydrogens (tertiary/aromatic N) is 6. The number of thioether (sulfide) groups is 1. The zero-order chi connectivity index (χ0) is 23.2. The Morgan fingerprint density at radius 1 is 1.18 bits per heavy atom. The highest BCUT2D eigenvalue weighted by Crippen LogP contribution is 2.26. The number of methoxy groups -OCH3 is 1. The molecular formula is C21H20N8O3S. The lowest BCUT2D eigenvalue weighted by Crippen LogP contribution is -2.21. The number of para-hydroxylation sites is 1. The van der Waals surface area contributed by atoms with Crippen molar-refractivity contribution in [2.75, 3.05) is 12.8 Å². The Morgan fingerprint density at radius 3 is 2.67 bits per heavy atom. The van der Waals surface area contributed by atoms with Crippen molar-refractivity contribution < 1.29 is 14.2 Å². The lowest BCUT2D eigenvalue weighted by molar-refractivity contribution is 0.0949. The highest BCUT2D eigenvalue weighted by molar-refractivity contribution is 7.98. The van der Waals surface area contributed by atoms with E-state index in [0.717, 1.165) is 10.5 Å². The summed E-state index contributed by atoms with van der Waals surface area (Å²) >= 11 is 1.50. The van der Waals surface area contributed by atoms with E-state index in [1.807, 2.05) is 54.6 Å². The van der Waals surface area contributed by atoms with Crippen molar-refractivity contribution in [3.05, 3.63) is 71.5 Å². The Balaban J connectivity index is 1.61. The lowest BCUT2D eigenvalue weighted by atomic mass is 10.1. The summed E-state index contributed by atoms with van der Waals surface area (Å²) in [5.74, 6) is 0.658. The number of ether oxygens (including phenoxy) is 1. The van der Waals surface area contributed by atoms with Gasteiger partial charge in [-0.1, -0.05) is 35.5 Å². The van der Waals surface area contributed by atoms with Crippen molar-refractivity contribution in [1.29, 1.82) is 0 Å². The van der Waals surface area contributed by atoms with Gasteiger partial charge < -0.3 is 10.5 Å². The molecule has 0 aliphatic carbocycles. The minimum absolute atomic E-state index is 0.0304. The average molecular weight is 465 g/mol. The lowest BCUT2D eigenvalue weighted by Gasteiger charge is -2.08. The van der Waals surface area contributed by atoms with Gasteiger partial charge in [-0.25, -0.2) is 10.1 Å². The monoisotopic (exact) mass is 464 g/mol. The molecule has 0 aliphatic heterocycles. The summed E-state index contributed by atoms with van der Waals surface area (Å²) in [6, 6.07) is 17.1. The van der Waals surface area contributed by atoms with Gasteiger partial charge >= 0.3 is 0 Å². The minimum Gasteiger partial charge on any atom is -0.496 e. The van der Waals surface area contributed by atoms with Crippen LogP contribution in [0.15, 0.2) is 69.2 Å². The Hall–Kier alpha value is -4.19. The van der Waals surface area contributed by atoms with Crippen LogP contribution in [0.2, 0.25) is 0 Å². The Bertz CT molecular complexity index is 1290. The first-order valence-corrected chi connectivity index (χ1v) is 10.8. The van der Waals surface area contributed by atoms with Gasteiger partial charge in [0.2, 0.25) is 11.6 Å². The zero-order valence-electron chi connectivity index (χ0n) is 17.8. The van der Waals surface area contributed by atoms with Crippen LogP contribution >= 0.6 is 11.8 Å². The number of amides is 1. The Labute approximate surface area is 193 Å². The molecular weight excluding hydrogens is 444 g/mol. The fraction of sp³-hybridized carbons (Fsp3) is 0.143. The molecule has 0 saturated carbocycles. The SMILES string of the molecule is COc1ccccc1/C(C)=N/NC(=O)c1nnn(-c2nonc2N)c1CSc1ccccc1. The Morgan fingerprint density at radius 2 is 1.94 bits per heavy atom. The topological polar surface area (TPSA) is 146 Å². The van der Waals surface area contributed by atoms with Crippen LogP contribution < -0.4 is 15.9 Å². The fourth-order valence-electron chi connectivity index (χ4n) is 2.98. The molecule has 0 spiro atoms. The van der Waals surface area contributed by atoms with Crippen LogP contribution in [0.4, 0.5) is 5.82 Å². The van der Waals surface area contributed by atoms with E-state index in [2.05, 4.69) is 35.8 Å². The smallest absolute Gasteiger partial charge is 0.293 e. The van der Waals surface area contributed by atoms with E-state index in [4.69, 9.17) is 10.5 Å². The summed E-state index contributed by atoms with van der Waals surface area (Å²) in [6.45, 7) is 1.77. The number of nitrogen functional groups attached to an aromatic ring is 1. The molecule has 2 aromatic heterocycles. The highest BCUT2D eigenvalue weighted by atomic mass is 32.2. The molecule has 0 bridgehead atoms. The molecule has 1 amide bonds. The third kappa shape index (κ3) is 4.85. The van der Waals surface area contributed by atoms with Gasteiger partial charge in [0.05, 0.1) is 18.5 Å². The second-order valence-corrected chi connectivity index (χ2v) is 7.76. The van der Waals surface area contributed by atoms with Gasteiger partial charge in [-0.05, 0) is 41.5 Å². The largest absolute Gasteiger partial charge is 0.496 e. The molecule has 4 aromatic rings. The summed E-state index contributed by atoms with van der Waals surface area (Å²) in [7, 11) is 1.57. The van der Waals surface area contributed by atoms with Gasteiger partial charge in [-0.15, -0.1) is 16.9 Å². The summed E-state index contributed by atoms with van der Waals surface area (Å²) in [4.78, 5) is 14.0. The number of anilines is 1. The molecule has 0 fully saturated rings. The van der Waals surface area contributed by atoms with Crippen LogP contribution in [0.5, 0.6) is 5.75 Å². The van der Waals surface area contributed by atoms with E-state index in [9.17, 15) is 4.79 Å². The first kappa shape index (κ1) is 22.0. The number of benzene rings is 2. The number of nitrogens with two attached hydrogens (primary N) is 1. The van der Waals surface area contributed by atoms with Gasteiger partial charge in [-0.2, -0.15) is 9.78 Å². The van der Waals surface area contributed by atoms with Gasteiger partial charge in [0.15, 0.2) is 5.69 Å². The quantitative estimate of drug-likeness (QED) is 0.228. The van der Waals surface area contributed by atoms with E-state index in [1.165, 1.54) is 16.4 Å². The van der Waals surface area contributed by atoms with Crippen molar-refractivity contribution in [3.63, 3.8) is 0 Å². The van der Waals surface area contributed by atoms with Gasteiger partial charge in [0.1, 0.15) is 5.75 Å². The summed E-state index contributed by atoms with van der Waals surface area (Å²) in [5.41, 5.74) is 10.2. The van der Waals surface area contributed by atoms with Crippen LogP contribution in [-0.4, -0.2) is 44.0 Å². The highest BCUT2D eigenvalue weighted by Gasteiger charge is 2.24. The van der Waals surface area contributed by atoms with E-state index >= 15 is 0 Å². The maximum Gasteiger partial charge on any atom is 0.293 e. The molecule has 0 unspecified atom stereocenters. The van der Waals surface area contributed by atoms with E-state index in [1.54, 1.807) is 14.0 Å². The third-order valence-electron chi connectivity index (χ3n) is 4.62. The first-order valence-electron chi connectivity index (χ1n) is 9.77. The number of aromatic nitrogens is 5. The molecule has 168 valence electrons. The van der Waals surface area contributed by atoms with Crippen LogP contribution in [0.25, 0.3) is 5.82 Å². The number of rotatable bonds is 8. The van der Waals surface area contributed by atoms with Crippen molar-refractivity contribution in [2.24, 2.45) is 5.10 Å². The molecule has 2 heterocycles. The van der Waals surface area contributed by atoms with Crippen LogP contribution in [0.3, 0.4) is 0 Å². The molecule has 12 heteroatoms. The third-order valence-corrected chi connectivity index (χ3v) is 5.64. The number of nitrogens with one attached hydrogen (secondary N) is 1. The predicted octanol–water partition coefficient (Wildman–Crippen LogP) is 2.69. The second kappa shape index (κ2) is 9.96. The number of carbonyl (C=O) groups excluding carboxylic acids is 1. The number of carbonyl (C=O) groups is 1. The van der Waals surface area contributed by atoms with Crippen molar-refractivity contribution in [2.45, 2.75) is 17.6 Å². The van der Waals surface area contributed by atoms with E-state index in [-0.39, 0.29) is 17.3 Å². The fourth-order valence-corrected chi connectivity index (χ4v) is 3.89. The summed E-state index contributed by atoms with van der Waals surface area (Å²) in [5, 5.41) is 19.6. The predicted molar refractivity (Wildman–Crippen MR) is 122 cm³/mol. The van der Waals surface area contributed by atoms with Crippen LogP contribution in [0, 0.1) is 0 Å². The summed E-state index contributed by atoms with van der Waals surface area (Å²) < 4.78 is 11.4. The molecule has 11 nitrogen and oxygen atoms in total. The number of hydrogen-bond donors (Lipinski definition) is 2. The molecule has 0 aliphatic rings. The van der Waals surface area contributed by atoms with Crippen molar-refractivity contribution in [3.8, 4) is 11.6 Å². The van der Waals surface area contributed by atoms with Crippen molar-refractivity contribution >= 4 is 29.2 Å². The molecule has 2 aromatic carbocycles. The molecule has 4 rings (SSSR count). The summed E-state index contributed by atoms with van der Waals surface area (Å²) in [6.07, 6.45) is 0. The van der Waals surface area contributed by atoms with Gasteiger partial charge in [0, 0.05) is 16.2 Å². The van der Waals surface area contributed by atoms with Gasteiger partial charge in [-0.3, -0.25) is 4.79 Å². The van der Waals surface area contributed by atoms with Gasteiger partial charge in [0.25, 0.3) is 5.91 Å². The molecule has 33 heavy (non-hydrogen) atoms. The van der Waals surface area contributed by atoms with Crippen LogP contribution in [0.1, 0.15) is 28.7 Å². The van der Waals surface area contributed by atoms with E-state index in [0.29, 0.717) is 22.9 Å². The standard InChI is InChI=1S/C21H20N8O3S/c1-13(15-10-6-7-11-17(15)31-2)23-25-21(30)18-16(12-33-14-8-4-3-5-9-14)29(28-24-18)20-19(22)26-32-27-20/h3-11H,12H2,1-2H3,(H2,22,26)(H,25,30)/b23-13+. The number of hydrazone groups is 1. The van der Waals surface area contributed by atoms with Crippen molar-refractivity contribution in [1.82, 2.24) is 30.7 Å². The maximum atomic E-state index is 13.0. The molecule has 0 saturated heterocycles. The van der Waals surface area contributed by atoms with Crippen LogP contribution in [-0.2, 0) is 5.75 Å². The molecule has 0 radical (unpaired) electrons. The zero-order valence-corrected chi connectivity index (χ0v) is 18.6. The molecule has 0 atom stereocenters. The molecule has 3 N–H and O–H groups in total. The van der Waals surface area contributed by atoms with E-state index < -0.39 is 5.91 Å². The minimum atomic E-state index is -0.533. The first-order chi connectivity index (χ1) is 16.1. The Kier molecular flexibility index (Phi) is 6.64. The normalized spacial score (nSPS) is 11.4.